The fraction of sp³-hybridized carbons (Fsp3) is 1.00. The first-order valence-electron chi connectivity index (χ1n) is 15.3. The lowest BCUT2D eigenvalue weighted by Crippen LogP contribution is -2.27. The van der Waals surface area contributed by atoms with Crippen molar-refractivity contribution in [2.45, 2.75) is 162 Å². The van der Waals surface area contributed by atoms with E-state index in [1.165, 1.54) is 174 Å². The molecular weight excluding hydrogens is 388 g/mol. The third-order valence-electron chi connectivity index (χ3n) is 6.94. The van der Waals surface area contributed by atoms with E-state index in [4.69, 9.17) is 0 Å². The summed E-state index contributed by atoms with van der Waals surface area (Å²) in [6.07, 6.45) is 31.1. The van der Waals surface area contributed by atoms with Crippen LogP contribution in [0.25, 0.3) is 0 Å². The second-order valence-electron chi connectivity index (χ2n) is 10.3. The van der Waals surface area contributed by atoms with Gasteiger partial charge in [0.05, 0.1) is 0 Å². The second kappa shape index (κ2) is 29.0. The Morgan fingerprint density at radius 1 is 0.344 bits per heavy atom. The van der Waals surface area contributed by atoms with Crippen molar-refractivity contribution >= 4 is 0 Å². The monoisotopic (exact) mass is 453 g/mol. The third-order valence-corrected chi connectivity index (χ3v) is 6.94. The molecule has 0 aromatic carbocycles. The maximum Gasteiger partial charge on any atom is -0.00187 e. The second-order valence-corrected chi connectivity index (χ2v) is 10.3. The Hall–Kier alpha value is -0.0800. The summed E-state index contributed by atoms with van der Waals surface area (Å²) in [6.45, 7) is 13.4. The van der Waals surface area contributed by atoms with Crippen LogP contribution in [0, 0.1) is 0 Å². The fourth-order valence-corrected chi connectivity index (χ4v) is 4.66. The minimum absolute atomic E-state index is 1.23. The molecule has 0 aromatic rings. The quantitative estimate of drug-likeness (QED) is 0.119. The van der Waals surface area contributed by atoms with Crippen molar-refractivity contribution in [3.05, 3.63) is 0 Å². The van der Waals surface area contributed by atoms with Crippen molar-refractivity contribution in [3.8, 4) is 0 Å². The molecule has 0 saturated carbocycles. The Bertz CT molecular complexity index is 302. The highest BCUT2D eigenvalue weighted by Crippen LogP contribution is 2.10. The van der Waals surface area contributed by atoms with Gasteiger partial charge in [0.25, 0.3) is 0 Å². The van der Waals surface area contributed by atoms with Gasteiger partial charge in [-0.15, -0.1) is 0 Å². The van der Waals surface area contributed by atoms with Crippen LogP contribution in [0.1, 0.15) is 162 Å². The summed E-state index contributed by atoms with van der Waals surface area (Å²) >= 11 is 0. The molecule has 0 saturated heterocycles. The van der Waals surface area contributed by atoms with Crippen molar-refractivity contribution in [2.24, 2.45) is 0 Å². The van der Waals surface area contributed by atoms with Crippen molar-refractivity contribution < 1.29 is 0 Å². The SMILES string of the molecule is CCCCCCCCNCCCCCCN(CCCCCCCC)CCCCCCCC. The highest BCUT2D eigenvalue weighted by molar-refractivity contribution is 4.61. The van der Waals surface area contributed by atoms with Crippen LogP contribution in [0.5, 0.6) is 0 Å². The smallest absolute Gasteiger partial charge is 0.00187 e. The van der Waals surface area contributed by atoms with Gasteiger partial charge in [-0.1, -0.05) is 130 Å². The van der Waals surface area contributed by atoms with Crippen LogP contribution >= 0.6 is 0 Å². The molecule has 0 fully saturated rings. The van der Waals surface area contributed by atoms with Crippen LogP contribution in [0.15, 0.2) is 0 Å². The summed E-state index contributed by atoms with van der Waals surface area (Å²) in [4.78, 5) is 2.80. The molecule has 194 valence electrons. The molecule has 2 heteroatoms. The van der Waals surface area contributed by atoms with Crippen LogP contribution in [-0.2, 0) is 0 Å². The summed E-state index contributed by atoms with van der Waals surface area (Å²) in [7, 11) is 0. The summed E-state index contributed by atoms with van der Waals surface area (Å²) < 4.78 is 0. The molecule has 0 atom stereocenters. The van der Waals surface area contributed by atoms with E-state index in [0.29, 0.717) is 0 Å². The van der Waals surface area contributed by atoms with Crippen molar-refractivity contribution in [1.29, 1.82) is 0 Å². The van der Waals surface area contributed by atoms with Gasteiger partial charge in [0.2, 0.25) is 0 Å². The minimum Gasteiger partial charge on any atom is -0.317 e. The number of unbranched alkanes of at least 4 members (excludes halogenated alkanes) is 18. The maximum absolute atomic E-state index is 3.66. The van der Waals surface area contributed by atoms with Gasteiger partial charge in [-0.3, -0.25) is 0 Å². The van der Waals surface area contributed by atoms with E-state index in [1.54, 1.807) is 0 Å². The van der Waals surface area contributed by atoms with Gasteiger partial charge in [0.15, 0.2) is 0 Å². The number of hydrogen-bond donors (Lipinski definition) is 1. The van der Waals surface area contributed by atoms with Gasteiger partial charge in [-0.25, -0.2) is 0 Å². The molecule has 0 aliphatic rings. The zero-order chi connectivity index (χ0) is 23.4. The summed E-state index contributed by atoms with van der Waals surface area (Å²) in [5.41, 5.74) is 0. The molecule has 0 heterocycles. The number of rotatable bonds is 28. The Morgan fingerprint density at radius 2 is 0.625 bits per heavy atom. The Labute approximate surface area is 205 Å². The zero-order valence-corrected chi connectivity index (χ0v) is 23.0. The summed E-state index contributed by atoms with van der Waals surface area (Å²) in [6, 6.07) is 0. The highest BCUT2D eigenvalue weighted by Gasteiger charge is 2.05. The van der Waals surface area contributed by atoms with Crippen LogP contribution in [0.4, 0.5) is 0 Å². The van der Waals surface area contributed by atoms with Gasteiger partial charge >= 0.3 is 0 Å². The molecule has 2 nitrogen and oxygen atoms in total. The lowest BCUT2D eigenvalue weighted by atomic mass is 10.1. The predicted molar refractivity (Wildman–Crippen MR) is 148 cm³/mol. The van der Waals surface area contributed by atoms with E-state index >= 15 is 0 Å². The van der Waals surface area contributed by atoms with Crippen LogP contribution in [0.2, 0.25) is 0 Å². The molecular formula is C30H64N2. The first-order chi connectivity index (χ1) is 15.8. The average molecular weight is 453 g/mol. The van der Waals surface area contributed by atoms with E-state index in [0.717, 1.165) is 0 Å². The van der Waals surface area contributed by atoms with Crippen LogP contribution < -0.4 is 5.32 Å². The van der Waals surface area contributed by atoms with Gasteiger partial charge in [0, 0.05) is 0 Å². The number of nitrogens with one attached hydrogen (secondary N) is 1. The maximum atomic E-state index is 3.66. The van der Waals surface area contributed by atoms with Crippen LogP contribution in [0.3, 0.4) is 0 Å². The normalized spacial score (nSPS) is 11.6. The Balaban J connectivity index is 3.69. The molecule has 0 aromatic heterocycles. The van der Waals surface area contributed by atoms with E-state index in [2.05, 4.69) is 31.0 Å². The Morgan fingerprint density at radius 3 is 0.969 bits per heavy atom. The predicted octanol–water partition coefficient (Wildman–Crippen LogP) is 9.52. The lowest BCUT2D eigenvalue weighted by molar-refractivity contribution is 0.254. The van der Waals surface area contributed by atoms with E-state index in [9.17, 15) is 0 Å². The Kier molecular flexibility index (Phi) is 28.9. The number of hydrogen-bond acceptors (Lipinski definition) is 2. The van der Waals surface area contributed by atoms with Crippen molar-refractivity contribution in [3.63, 3.8) is 0 Å². The lowest BCUT2D eigenvalue weighted by Gasteiger charge is -2.22. The molecule has 0 unspecified atom stereocenters. The van der Waals surface area contributed by atoms with Crippen molar-refractivity contribution in [2.75, 3.05) is 32.7 Å². The molecule has 0 aliphatic carbocycles. The molecule has 0 radical (unpaired) electrons. The number of nitrogens with zero attached hydrogens (tertiary/aromatic N) is 1. The zero-order valence-electron chi connectivity index (χ0n) is 23.0. The molecule has 0 spiro atoms. The molecule has 32 heavy (non-hydrogen) atoms. The van der Waals surface area contributed by atoms with E-state index in [-0.39, 0.29) is 0 Å². The van der Waals surface area contributed by atoms with E-state index < -0.39 is 0 Å². The average Bonchev–Trinajstić information content (AvgIpc) is 2.80. The molecule has 0 amide bonds. The largest absolute Gasteiger partial charge is 0.317 e. The standard InChI is InChI=1S/C30H64N2/c1-4-7-10-13-16-21-26-31-27-22-17-20-25-30-32(28-23-18-14-11-8-5-2)29-24-19-15-12-9-6-3/h31H,4-30H2,1-3H3. The van der Waals surface area contributed by atoms with Crippen LogP contribution in [-0.4, -0.2) is 37.6 Å². The van der Waals surface area contributed by atoms with Gasteiger partial charge < -0.3 is 10.2 Å². The van der Waals surface area contributed by atoms with Gasteiger partial charge in [-0.2, -0.15) is 0 Å². The molecule has 1 N–H and O–H groups in total. The van der Waals surface area contributed by atoms with E-state index in [1.807, 2.05) is 0 Å². The molecule has 0 rings (SSSR count). The van der Waals surface area contributed by atoms with Gasteiger partial charge in [0.1, 0.15) is 0 Å². The van der Waals surface area contributed by atoms with Gasteiger partial charge in [-0.05, 0) is 64.8 Å². The first kappa shape index (κ1) is 31.9. The minimum atomic E-state index is 1.23. The third kappa shape index (κ3) is 26.2. The summed E-state index contributed by atoms with van der Waals surface area (Å²) in [5, 5.41) is 3.66. The molecule has 0 bridgehead atoms. The van der Waals surface area contributed by atoms with Crippen molar-refractivity contribution in [1.82, 2.24) is 10.2 Å². The molecule has 0 aliphatic heterocycles. The fourth-order valence-electron chi connectivity index (χ4n) is 4.66. The first-order valence-corrected chi connectivity index (χ1v) is 15.3. The topological polar surface area (TPSA) is 15.3 Å². The summed E-state index contributed by atoms with van der Waals surface area (Å²) in [5.74, 6) is 0. The highest BCUT2D eigenvalue weighted by atomic mass is 15.1.